The van der Waals surface area contributed by atoms with Crippen molar-refractivity contribution in [2.24, 2.45) is 5.92 Å². The fourth-order valence-electron chi connectivity index (χ4n) is 4.19. The molecule has 7 heteroatoms. The van der Waals surface area contributed by atoms with Gasteiger partial charge >= 0.3 is 5.97 Å². The summed E-state index contributed by atoms with van der Waals surface area (Å²) in [5, 5.41) is 13.8. The Kier molecular flexibility index (Phi) is 9.45. The number of hydrogen-bond donors (Lipinski definition) is 2. The van der Waals surface area contributed by atoms with E-state index in [9.17, 15) is 14.7 Å². The first kappa shape index (κ1) is 26.9. The van der Waals surface area contributed by atoms with Crippen LogP contribution in [-0.2, 0) is 14.3 Å². The molecule has 0 saturated carbocycles. The van der Waals surface area contributed by atoms with Crippen LogP contribution in [0, 0.1) is 5.92 Å². The van der Waals surface area contributed by atoms with Gasteiger partial charge in [0.2, 0.25) is 0 Å². The Morgan fingerprint density at radius 3 is 2.45 bits per heavy atom. The van der Waals surface area contributed by atoms with Crippen LogP contribution in [0.3, 0.4) is 0 Å². The third-order valence-electron chi connectivity index (χ3n) is 6.16. The number of hydrogen-bond acceptors (Lipinski definition) is 5. The standard InChI is InChI=1S/C31H31NO6/c1-36-21-37-20-27(18-26(31(34)35)12-7-10-22-8-3-2-4-9-22)32-30(33)24-16-14-23(15-17-24)29-19-25-11-5-6-13-28(25)38-29/h2-11,13-17,19,26-27H,12,18,20-21H2,1H3,(H,32,33)(H,34,35)/b10-7+. The summed E-state index contributed by atoms with van der Waals surface area (Å²) in [6.07, 6.45) is 4.28. The highest BCUT2D eigenvalue weighted by molar-refractivity contribution is 5.95. The molecule has 4 rings (SSSR count). The molecule has 38 heavy (non-hydrogen) atoms. The lowest BCUT2D eigenvalue weighted by atomic mass is 9.96. The zero-order valence-corrected chi connectivity index (χ0v) is 21.2. The largest absolute Gasteiger partial charge is 0.481 e. The van der Waals surface area contributed by atoms with Crippen LogP contribution in [0.4, 0.5) is 0 Å². The van der Waals surface area contributed by atoms with Crippen molar-refractivity contribution in [1.82, 2.24) is 5.32 Å². The van der Waals surface area contributed by atoms with Gasteiger partial charge in [-0.3, -0.25) is 9.59 Å². The number of aliphatic carboxylic acids is 1. The number of carboxylic acids is 1. The predicted molar refractivity (Wildman–Crippen MR) is 147 cm³/mol. The Morgan fingerprint density at radius 1 is 1.00 bits per heavy atom. The molecule has 1 heterocycles. The van der Waals surface area contributed by atoms with Crippen LogP contribution < -0.4 is 5.32 Å². The number of allylic oxidation sites excluding steroid dienone is 1. The molecule has 0 aliphatic rings. The van der Waals surface area contributed by atoms with E-state index in [1.54, 1.807) is 12.1 Å². The lowest BCUT2D eigenvalue weighted by Crippen LogP contribution is -2.40. The Hall–Kier alpha value is -4.20. The van der Waals surface area contributed by atoms with Crippen LogP contribution in [0.1, 0.15) is 28.8 Å². The van der Waals surface area contributed by atoms with Gasteiger partial charge in [0.1, 0.15) is 18.1 Å². The summed E-state index contributed by atoms with van der Waals surface area (Å²) in [6.45, 7) is 0.174. The Morgan fingerprint density at radius 2 is 1.74 bits per heavy atom. The van der Waals surface area contributed by atoms with Crippen molar-refractivity contribution >= 4 is 28.9 Å². The van der Waals surface area contributed by atoms with E-state index in [1.165, 1.54) is 7.11 Å². The van der Waals surface area contributed by atoms with Crippen LogP contribution in [-0.4, -0.2) is 43.5 Å². The molecule has 1 aromatic heterocycles. The van der Waals surface area contributed by atoms with Gasteiger partial charge < -0.3 is 24.3 Å². The molecule has 196 valence electrons. The van der Waals surface area contributed by atoms with Crippen molar-refractivity contribution in [2.45, 2.75) is 18.9 Å². The Bertz CT molecular complexity index is 1330. The van der Waals surface area contributed by atoms with Gasteiger partial charge in [-0.1, -0.05) is 72.8 Å². The molecule has 2 atom stereocenters. The number of carboxylic acid groups (broad SMARTS) is 1. The predicted octanol–water partition coefficient (Wildman–Crippen LogP) is 6.01. The van der Waals surface area contributed by atoms with E-state index in [0.717, 1.165) is 27.9 Å². The summed E-state index contributed by atoms with van der Waals surface area (Å²) in [5.41, 5.74) is 3.11. The molecule has 0 aliphatic carbocycles. The summed E-state index contributed by atoms with van der Waals surface area (Å²) < 4.78 is 16.3. The molecule has 0 radical (unpaired) electrons. The first-order chi connectivity index (χ1) is 18.5. The molecule has 0 bridgehead atoms. The number of carbonyl (C=O) groups excluding carboxylic acids is 1. The number of nitrogens with one attached hydrogen (secondary N) is 1. The van der Waals surface area contributed by atoms with Gasteiger partial charge in [0.25, 0.3) is 5.91 Å². The number of ether oxygens (including phenoxy) is 2. The van der Waals surface area contributed by atoms with Crippen LogP contribution in [0.5, 0.6) is 0 Å². The highest BCUT2D eigenvalue weighted by Crippen LogP contribution is 2.28. The zero-order valence-electron chi connectivity index (χ0n) is 21.2. The van der Waals surface area contributed by atoms with Crippen LogP contribution in [0.2, 0.25) is 0 Å². The number of rotatable bonds is 13. The van der Waals surface area contributed by atoms with Crippen molar-refractivity contribution in [3.63, 3.8) is 0 Å². The van der Waals surface area contributed by atoms with E-state index in [1.807, 2.05) is 84.9 Å². The van der Waals surface area contributed by atoms with E-state index in [-0.39, 0.29) is 25.7 Å². The number of benzene rings is 3. The monoisotopic (exact) mass is 513 g/mol. The number of amides is 1. The fraction of sp³-hybridized carbons (Fsp3) is 0.226. The van der Waals surface area contributed by atoms with Crippen LogP contribution in [0.15, 0.2) is 95.4 Å². The molecule has 7 nitrogen and oxygen atoms in total. The molecule has 2 N–H and O–H groups in total. The van der Waals surface area contributed by atoms with E-state index in [0.29, 0.717) is 12.0 Å². The quantitative estimate of drug-likeness (QED) is 0.168. The number of para-hydroxylation sites is 1. The van der Waals surface area contributed by atoms with Gasteiger partial charge in [-0.25, -0.2) is 0 Å². The molecule has 4 aromatic rings. The van der Waals surface area contributed by atoms with Crippen molar-refractivity contribution < 1.29 is 28.6 Å². The smallest absolute Gasteiger partial charge is 0.306 e. The normalized spacial score (nSPS) is 13.0. The number of furan rings is 1. The second kappa shape index (κ2) is 13.4. The van der Waals surface area contributed by atoms with Gasteiger partial charge in [-0.15, -0.1) is 0 Å². The number of methoxy groups -OCH3 is 1. The lowest BCUT2D eigenvalue weighted by molar-refractivity contribution is -0.142. The second-order valence-corrected chi connectivity index (χ2v) is 8.99. The lowest BCUT2D eigenvalue weighted by Gasteiger charge is -2.22. The fourth-order valence-corrected chi connectivity index (χ4v) is 4.19. The SMILES string of the molecule is COCOCC(CC(C/C=C/c1ccccc1)C(=O)O)NC(=O)c1ccc(-c2cc3ccccc3o2)cc1. The maximum absolute atomic E-state index is 13.0. The summed E-state index contributed by atoms with van der Waals surface area (Å²) in [7, 11) is 1.51. The molecule has 3 aromatic carbocycles. The first-order valence-corrected chi connectivity index (χ1v) is 12.4. The van der Waals surface area contributed by atoms with E-state index >= 15 is 0 Å². The van der Waals surface area contributed by atoms with E-state index < -0.39 is 17.9 Å². The topological polar surface area (TPSA) is 98.0 Å². The summed E-state index contributed by atoms with van der Waals surface area (Å²) in [5.74, 6) is -1.21. The molecule has 1 amide bonds. The van der Waals surface area contributed by atoms with Crippen molar-refractivity contribution in [3.8, 4) is 11.3 Å². The minimum atomic E-state index is -0.927. The summed E-state index contributed by atoms with van der Waals surface area (Å²) >= 11 is 0. The van der Waals surface area contributed by atoms with Gasteiger partial charge in [0.05, 0.1) is 18.6 Å². The molecule has 0 spiro atoms. The molecular formula is C31H31NO6. The Balaban J connectivity index is 1.42. The van der Waals surface area contributed by atoms with Gasteiger partial charge in [0, 0.05) is 23.6 Å². The summed E-state index contributed by atoms with van der Waals surface area (Å²) in [4.78, 5) is 25.0. The zero-order chi connectivity index (χ0) is 26.7. The highest BCUT2D eigenvalue weighted by atomic mass is 16.7. The minimum absolute atomic E-state index is 0.0458. The molecule has 2 unspecified atom stereocenters. The van der Waals surface area contributed by atoms with Gasteiger partial charge in [-0.2, -0.15) is 0 Å². The maximum atomic E-state index is 13.0. The highest BCUT2D eigenvalue weighted by Gasteiger charge is 2.24. The number of carbonyl (C=O) groups is 2. The van der Waals surface area contributed by atoms with Gasteiger partial charge in [-0.05, 0) is 42.7 Å². The molecule has 0 aliphatic heterocycles. The van der Waals surface area contributed by atoms with Crippen LogP contribution >= 0.6 is 0 Å². The third kappa shape index (κ3) is 7.41. The van der Waals surface area contributed by atoms with Crippen molar-refractivity contribution in [1.29, 1.82) is 0 Å². The second-order valence-electron chi connectivity index (χ2n) is 8.99. The van der Waals surface area contributed by atoms with Crippen molar-refractivity contribution in [2.75, 3.05) is 20.5 Å². The van der Waals surface area contributed by atoms with Crippen LogP contribution in [0.25, 0.3) is 28.4 Å². The maximum Gasteiger partial charge on any atom is 0.306 e. The minimum Gasteiger partial charge on any atom is -0.481 e. The van der Waals surface area contributed by atoms with E-state index in [4.69, 9.17) is 13.9 Å². The molecular weight excluding hydrogens is 482 g/mol. The number of fused-ring (bicyclic) bond motifs is 1. The Labute approximate surface area is 221 Å². The average molecular weight is 514 g/mol. The third-order valence-corrected chi connectivity index (χ3v) is 6.16. The molecule has 0 fully saturated rings. The average Bonchev–Trinajstić information content (AvgIpc) is 3.37. The van der Waals surface area contributed by atoms with Gasteiger partial charge in [0.15, 0.2) is 0 Å². The van der Waals surface area contributed by atoms with E-state index in [2.05, 4.69) is 5.32 Å². The summed E-state index contributed by atoms with van der Waals surface area (Å²) in [6, 6.07) is 26.0. The first-order valence-electron chi connectivity index (χ1n) is 12.4. The van der Waals surface area contributed by atoms with Crippen molar-refractivity contribution in [3.05, 3.63) is 102 Å². The molecule has 0 saturated heterocycles.